The minimum atomic E-state index is -0.796. The van der Waals surface area contributed by atoms with Gasteiger partial charge in [-0.15, -0.1) is 0 Å². The first-order valence-electron chi connectivity index (χ1n) is 2.13. The van der Waals surface area contributed by atoms with Gasteiger partial charge >= 0.3 is 5.91 Å². The van der Waals surface area contributed by atoms with E-state index in [-0.39, 0.29) is 5.91 Å². The third-order valence-electron chi connectivity index (χ3n) is 0.691. The molecular formula is C4H10NO3+. The summed E-state index contributed by atoms with van der Waals surface area (Å²) in [6, 6.07) is 0. The van der Waals surface area contributed by atoms with Crippen LogP contribution in [0.5, 0.6) is 0 Å². The van der Waals surface area contributed by atoms with Crippen LogP contribution < -0.4 is 5.73 Å². The van der Waals surface area contributed by atoms with E-state index in [9.17, 15) is 4.79 Å². The summed E-state index contributed by atoms with van der Waals surface area (Å²) in [6.45, 7) is 0. The topological polar surface area (TPSA) is 63.2 Å². The molecule has 0 saturated heterocycles. The standard InChI is InChI=1S/C4H9NO3/c1-7-4(8-2)3(5)6/h4H,1-2H3,(H2,5,6)/p+1. The van der Waals surface area contributed by atoms with Crippen LogP contribution in [0.2, 0.25) is 0 Å². The molecule has 0 heterocycles. The Kier molecular flexibility index (Phi) is 3.34. The summed E-state index contributed by atoms with van der Waals surface area (Å²) in [5.74, 6) is -0.366. The Labute approximate surface area is 47.6 Å². The maximum Gasteiger partial charge on any atom is 0.365 e. The molecule has 0 aliphatic rings. The molecule has 0 unspecified atom stereocenters. The van der Waals surface area contributed by atoms with Gasteiger partial charge in [0.15, 0.2) is 0 Å². The van der Waals surface area contributed by atoms with Crippen LogP contribution in [0.1, 0.15) is 0 Å². The monoisotopic (exact) mass is 120 g/mol. The number of amides is 1. The zero-order chi connectivity index (χ0) is 6.57. The molecule has 0 aliphatic carbocycles. The number of hydrogen-bond donors (Lipinski definition) is 1. The van der Waals surface area contributed by atoms with Crippen LogP contribution in [-0.2, 0) is 14.3 Å². The van der Waals surface area contributed by atoms with E-state index < -0.39 is 6.29 Å². The maximum atomic E-state index is 10.2. The Morgan fingerprint density at radius 1 is 1.50 bits per heavy atom. The van der Waals surface area contributed by atoms with Crippen molar-refractivity contribution in [3.8, 4) is 0 Å². The predicted octanol–water partition coefficient (Wildman–Crippen LogP) is -1.63. The summed E-state index contributed by atoms with van der Waals surface area (Å²) in [5.41, 5.74) is 3.09. The van der Waals surface area contributed by atoms with Gasteiger partial charge in [-0.3, -0.25) is 5.73 Å². The van der Waals surface area contributed by atoms with Crippen molar-refractivity contribution in [2.75, 3.05) is 14.2 Å². The highest BCUT2D eigenvalue weighted by molar-refractivity contribution is 5.68. The van der Waals surface area contributed by atoms with E-state index in [1.165, 1.54) is 14.2 Å². The van der Waals surface area contributed by atoms with Crippen LogP contribution in [0.25, 0.3) is 0 Å². The van der Waals surface area contributed by atoms with Crippen molar-refractivity contribution in [3.05, 3.63) is 0 Å². The fraction of sp³-hybridized carbons (Fsp3) is 0.750. The second kappa shape index (κ2) is 3.54. The number of carbonyl (C=O) groups is 1. The zero-order valence-corrected chi connectivity index (χ0v) is 5.01. The van der Waals surface area contributed by atoms with Crippen molar-refractivity contribution in [3.63, 3.8) is 0 Å². The van der Waals surface area contributed by atoms with Gasteiger partial charge < -0.3 is 9.47 Å². The number of hydrogen-bond acceptors (Lipinski definition) is 3. The summed E-state index contributed by atoms with van der Waals surface area (Å²) in [6.07, 6.45) is -0.796. The van der Waals surface area contributed by atoms with Gasteiger partial charge in [0.1, 0.15) is 0 Å². The predicted molar refractivity (Wildman–Crippen MR) is 25.7 cm³/mol. The van der Waals surface area contributed by atoms with Crippen molar-refractivity contribution >= 4 is 5.91 Å². The van der Waals surface area contributed by atoms with Gasteiger partial charge in [0.2, 0.25) is 0 Å². The Hall–Kier alpha value is -0.450. The Balaban J connectivity index is 3.52. The lowest BCUT2D eigenvalue weighted by atomic mass is 10.6. The lowest BCUT2D eigenvalue weighted by Gasteiger charge is -2.03. The normalized spacial score (nSPS) is 10.0. The van der Waals surface area contributed by atoms with Gasteiger partial charge in [0.05, 0.1) is 0 Å². The molecule has 4 heteroatoms. The number of quaternary nitrogens is 1. The molecule has 0 aromatic rings. The highest BCUT2D eigenvalue weighted by atomic mass is 16.7. The second-order valence-electron chi connectivity index (χ2n) is 1.27. The summed E-state index contributed by atoms with van der Waals surface area (Å²) >= 11 is 0. The molecule has 0 spiro atoms. The molecule has 48 valence electrons. The molecule has 0 aromatic carbocycles. The van der Waals surface area contributed by atoms with Crippen molar-refractivity contribution < 1.29 is 20.0 Å². The van der Waals surface area contributed by atoms with Gasteiger partial charge in [0.25, 0.3) is 6.29 Å². The van der Waals surface area contributed by atoms with E-state index in [2.05, 4.69) is 15.2 Å². The minimum Gasteiger partial charge on any atom is -0.345 e. The van der Waals surface area contributed by atoms with Crippen LogP contribution in [-0.4, -0.2) is 26.4 Å². The van der Waals surface area contributed by atoms with E-state index in [0.717, 1.165) is 0 Å². The lowest BCUT2D eigenvalue weighted by Crippen LogP contribution is -2.63. The second-order valence-corrected chi connectivity index (χ2v) is 1.27. The van der Waals surface area contributed by atoms with E-state index in [4.69, 9.17) is 0 Å². The third-order valence-corrected chi connectivity index (χ3v) is 0.691. The molecule has 1 amide bonds. The fourth-order valence-corrected chi connectivity index (χ4v) is 0.359. The van der Waals surface area contributed by atoms with Gasteiger partial charge in [-0.1, -0.05) is 0 Å². The maximum absolute atomic E-state index is 10.2. The molecule has 0 radical (unpaired) electrons. The van der Waals surface area contributed by atoms with E-state index in [1.54, 1.807) is 0 Å². The lowest BCUT2D eigenvalue weighted by molar-refractivity contribution is -0.331. The van der Waals surface area contributed by atoms with Crippen LogP contribution in [0.4, 0.5) is 0 Å². The molecule has 0 saturated carbocycles. The molecular weight excluding hydrogens is 110 g/mol. The number of carbonyl (C=O) groups excluding carboxylic acids is 1. The fourth-order valence-electron chi connectivity index (χ4n) is 0.359. The van der Waals surface area contributed by atoms with Gasteiger partial charge in [-0.25, -0.2) is 4.79 Å². The minimum absolute atomic E-state index is 0.366. The van der Waals surface area contributed by atoms with Crippen LogP contribution >= 0.6 is 0 Å². The quantitative estimate of drug-likeness (QED) is 0.455. The molecule has 0 aromatic heterocycles. The number of ether oxygens (including phenoxy) is 2. The van der Waals surface area contributed by atoms with Crippen LogP contribution in [0.3, 0.4) is 0 Å². The Morgan fingerprint density at radius 3 is 1.88 bits per heavy atom. The molecule has 0 rings (SSSR count). The molecule has 0 aliphatic heterocycles. The number of methoxy groups -OCH3 is 2. The van der Waals surface area contributed by atoms with Crippen LogP contribution in [0.15, 0.2) is 0 Å². The average Bonchev–Trinajstić information content (AvgIpc) is 1.69. The first-order valence-corrected chi connectivity index (χ1v) is 2.13. The third kappa shape index (κ3) is 2.02. The highest BCUT2D eigenvalue weighted by Crippen LogP contribution is 1.84. The Bertz CT molecular complexity index is 79.4. The van der Waals surface area contributed by atoms with Crippen LogP contribution in [0, 0.1) is 0 Å². The highest BCUT2D eigenvalue weighted by Gasteiger charge is 2.14. The number of rotatable bonds is 3. The Morgan fingerprint density at radius 2 is 1.88 bits per heavy atom. The van der Waals surface area contributed by atoms with Gasteiger partial charge in [-0.05, 0) is 0 Å². The average molecular weight is 120 g/mol. The molecule has 0 fully saturated rings. The van der Waals surface area contributed by atoms with Crippen molar-refractivity contribution in [1.29, 1.82) is 0 Å². The zero-order valence-electron chi connectivity index (χ0n) is 5.01. The molecule has 3 N–H and O–H groups in total. The first kappa shape index (κ1) is 7.55. The summed E-state index contributed by atoms with van der Waals surface area (Å²) < 4.78 is 9.05. The molecule has 0 bridgehead atoms. The first-order chi connectivity index (χ1) is 3.72. The smallest absolute Gasteiger partial charge is 0.345 e. The van der Waals surface area contributed by atoms with Crippen molar-refractivity contribution in [2.45, 2.75) is 6.29 Å². The summed E-state index contributed by atoms with van der Waals surface area (Å²) in [5, 5.41) is 0. The van der Waals surface area contributed by atoms with E-state index in [0.29, 0.717) is 0 Å². The molecule has 8 heavy (non-hydrogen) atoms. The molecule has 4 nitrogen and oxygen atoms in total. The van der Waals surface area contributed by atoms with Gasteiger partial charge in [-0.2, -0.15) is 0 Å². The SMILES string of the molecule is COC(OC)C([NH3+])=O. The van der Waals surface area contributed by atoms with E-state index >= 15 is 0 Å². The van der Waals surface area contributed by atoms with Crippen molar-refractivity contribution in [1.82, 2.24) is 0 Å². The van der Waals surface area contributed by atoms with Gasteiger partial charge in [0, 0.05) is 14.2 Å². The molecule has 0 atom stereocenters. The largest absolute Gasteiger partial charge is 0.365 e. The summed E-state index contributed by atoms with van der Waals surface area (Å²) in [4.78, 5) is 10.2. The van der Waals surface area contributed by atoms with Crippen molar-refractivity contribution in [2.24, 2.45) is 0 Å². The van der Waals surface area contributed by atoms with E-state index in [1.807, 2.05) is 0 Å². The summed E-state index contributed by atoms with van der Waals surface area (Å²) in [7, 11) is 2.77.